The second-order valence-corrected chi connectivity index (χ2v) is 5.78. The van der Waals surface area contributed by atoms with Gasteiger partial charge in [0.25, 0.3) is 5.91 Å². The van der Waals surface area contributed by atoms with E-state index in [1.807, 2.05) is 31.2 Å². The number of primary amides is 1. The summed E-state index contributed by atoms with van der Waals surface area (Å²) in [5.41, 5.74) is 16.9. The second kappa shape index (κ2) is 5.06. The van der Waals surface area contributed by atoms with Crippen molar-refractivity contribution in [2.24, 2.45) is 5.73 Å². The minimum absolute atomic E-state index is 0.236. The molecule has 0 atom stereocenters. The molecule has 5 N–H and O–H groups in total. The molecule has 0 aliphatic heterocycles. The summed E-state index contributed by atoms with van der Waals surface area (Å²) < 4.78 is 0. The van der Waals surface area contributed by atoms with Crippen LogP contribution in [-0.2, 0) is 0 Å². The number of aromatic amines is 1. The molecule has 0 aliphatic rings. The number of hydrogen-bond donors (Lipinski definition) is 3. The first-order chi connectivity index (χ1) is 11.6. The Bertz CT molecular complexity index is 1110. The number of nitrogens with one attached hydrogen (secondary N) is 1. The number of amides is 1. The molecule has 0 saturated carbocycles. The van der Waals surface area contributed by atoms with Crippen molar-refractivity contribution in [3.8, 4) is 11.1 Å². The highest BCUT2D eigenvalue weighted by Crippen LogP contribution is 2.34. The fourth-order valence-corrected chi connectivity index (χ4v) is 3.05. The summed E-state index contributed by atoms with van der Waals surface area (Å²) in [7, 11) is 0. The van der Waals surface area contributed by atoms with Crippen molar-refractivity contribution < 1.29 is 4.79 Å². The molecule has 0 saturated heterocycles. The summed E-state index contributed by atoms with van der Waals surface area (Å²) in [5.74, 6) is -0.581. The SMILES string of the molecule is Cc1cc2cn[nH]c2cc1-c1cccc2c(N)c(C(N)=O)cnc12. The lowest BCUT2D eigenvalue weighted by molar-refractivity contribution is 0.100. The topological polar surface area (TPSA) is 111 Å². The number of benzene rings is 2. The van der Waals surface area contributed by atoms with Gasteiger partial charge in [0.05, 0.1) is 28.5 Å². The zero-order valence-corrected chi connectivity index (χ0v) is 13.0. The lowest BCUT2D eigenvalue weighted by Gasteiger charge is -2.12. The fourth-order valence-electron chi connectivity index (χ4n) is 3.05. The molecular formula is C18H15N5O. The minimum atomic E-state index is -0.581. The van der Waals surface area contributed by atoms with Crippen LogP contribution in [0.25, 0.3) is 32.9 Å². The summed E-state index contributed by atoms with van der Waals surface area (Å²) >= 11 is 0. The first kappa shape index (κ1) is 14.2. The number of carbonyl (C=O) groups excluding carboxylic acids is 1. The predicted molar refractivity (Wildman–Crippen MR) is 94.5 cm³/mol. The van der Waals surface area contributed by atoms with Gasteiger partial charge in [0.15, 0.2) is 0 Å². The molecule has 1 amide bonds. The molecule has 0 unspecified atom stereocenters. The predicted octanol–water partition coefficient (Wildman–Crippen LogP) is 2.77. The van der Waals surface area contributed by atoms with Gasteiger partial charge >= 0.3 is 0 Å². The Balaban J connectivity index is 2.04. The van der Waals surface area contributed by atoms with E-state index in [1.54, 1.807) is 6.20 Å². The Morgan fingerprint density at radius 2 is 2.00 bits per heavy atom. The van der Waals surface area contributed by atoms with E-state index in [4.69, 9.17) is 11.5 Å². The van der Waals surface area contributed by atoms with Gasteiger partial charge in [0.2, 0.25) is 0 Å². The van der Waals surface area contributed by atoms with Gasteiger partial charge in [0, 0.05) is 22.5 Å². The third-order valence-corrected chi connectivity index (χ3v) is 4.28. The third kappa shape index (κ3) is 2.00. The second-order valence-electron chi connectivity index (χ2n) is 5.78. The molecule has 4 rings (SSSR count). The monoisotopic (exact) mass is 317 g/mol. The lowest BCUT2D eigenvalue weighted by Crippen LogP contribution is -2.14. The van der Waals surface area contributed by atoms with Crippen molar-refractivity contribution in [3.63, 3.8) is 0 Å². The van der Waals surface area contributed by atoms with Crippen LogP contribution in [0.2, 0.25) is 0 Å². The number of nitrogen functional groups attached to an aromatic ring is 1. The number of rotatable bonds is 2. The Hall–Kier alpha value is -3.41. The fraction of sp³-hybridized carbons (Fsp3) is 0.0556. The van der Waals surface area contributed by atoms with Crippen LogP contribution in [0.3, 0.4) is 0 Å². The number of fused-ring (bicyclic) bond motifs is 2. The number of H-pyrrole nitrogens is 1. The van der Waals surface area contributed by atoms with Crippen LogP contribution in [0.4, 0.5) is 5.69 Å². The van der Waals surface area contributed by atoms with E-state index in [1.165, 1.54) is 6.20 Å². The molecule has 4 aromatic rings. The van der Waals surface area contributed by atoms with E-state index in [9.17, 15) is 4.79 Å². The molecule has 118 valence electrons. The number of aryl methyl sites for hydroxylation is 1. The maximum Gasteiger partial charge on any atom is 0.252 e. The standard InChI is InChI=1S/C18H15N5O/c1-9-5-10-7-22-23-15(10)6-13(9)11-3-2-4-12-16(19)14(18(20)24)8-21-17(11)12/h2-8H,1H3,(H2,19,21)(H2,20,24)(H,22,23). The normalized spacial score (nSPS) is 11.2. The van der Waals surface area contributed by atoms with Crippen molar-refractivity contribution in [2.75, 3.05) is 5.73 Å². The molecule has 2 aromatic carbocycles. The molecule has 0 spiro atoms. The van der Waals surface area contributed by atoms with Crippen molar-refractivity contribution in [3.05, 3.63) is 53.9 Å². The van der Waals surface area contributed by atoms with E-state index in [0.717, 1.165) is 33.1 Å². The number of pyridine rings is 1. The Kier molecular flexibility index (Phi) is 2.99. The quantitative estimate of drug-likeness (QED) is 0.528. The number of anilines is 1. The van der Waals surface area contributed by atoms with Crippen molar-refractivity contribution in [2.45, 2.75) is 6.92 Å². The number of aromatic nitrogens is 3. The lowest BCUT2D eigenvalue weighted by atomic mass is 9.95. The highest BCUT2D eigenvalue weighted by Gasteiger charge is 2.15. The van der Waals surface area contributed by atoms with Gasteiger partial charge in [-0.05, 0) is 30.2 Å². The first-order valence-electron chi connectivity index (χ1n) is 7.47. The largest absolute Gasteiger partial charge is 0.397 e. The number of nitrogens with zero attached hydrogens (tertiary/aromatic N) is 2. The van der Waals surface area contributed by atoms with Crippen LogP contribution >= 0.6 is 0 Å². The van der Waals surface area contributed by atoms with Crippen molar-refractivity contribution in [1.29, 1.82) is 0 Å². The van der Waals surface area contributed by atoms with Crippen molar-refractivity contribution >= 4 is 33.4 Å². The van der Waals surface area contributed by atoms with Crippen LogP contribution in [-0.4, -0.2) is 21.1 Å². The van der Waals surface area contributed by atoms with Crippen LogP contribution in [0.15, 0.2) is 42.7 Å². The molecule has 6 nitrogen and oxygen atoms in total. The number of hydrogen-bond acceptors (Lipinski definition) is 4. The van der Waals surface area contributed by atoms with E-state index in [0.29, 0.717) is 11.1 Å². The number of nitrogens with two attached hydrogens (primary N) is 2. The van der Waals surface area contributed by atoms with Gasteiger partial charge in [-0.1, -0.05) is 18.2 Å². The number of para-hydroxylation sites is 1. The summed E-state index contributed by atoms with van der Waals surface area (Å²) in [6.07, 6.45) is 3.23. The summed E-state index contributed by atoms with van der Waals surface area (Å²) in [5, 5.41) is 8.83. The highest BCUT2D eigenvalue weighted by atomic mass is 16.1. The van der Waals surface area contributed by atoms with E-state index in [2.05, 4.69) is 21.2 Å². The smallest absolute Gasteiger partial charge is 0.252 e. The van der Waals surface area contributed by atoms with Gasteiger partial charge in [0.1, 0.15) is 0 Å². The van der Waals surface area contributed by atoms with Gasteiger partial charge in [-0.25, -0.2) is 0 Å². The average molecular weight is 317 g/mol. The first-order valence-corrected chi connectivity index (χ1v) is 7.47. The summed E-state index contributed by atoms with van der Waals surface area (Å²) in [6, 6.07) is 9.86. The molecule has 0 radical (unpaired) electrons. The van der Waals surface area contributed by atoms with Crippen LogP contribution in [0.5, 0.6) is 0 Å². The molecule has 0 bridgehead atoms. The van der Waals surface area contributed by atoms with Gasteiger partial charge in [-0.15, -0.1) is 0 Å². The Labute approximate surface area is 137 Å². The maximum atomic E-state index is 11.5. The Morgan fingerprint density at radius 3 is 2.79 bits per heavy atom. The molecule has 24 heavy (non-hydrogen) atoms. The number of carbonyl (C=O) groups is 1. The van der Waals surface area contributed by atoms with E-state index in [-0.39, 0.29) is 5.56 Å². The van der Waals surface area contributed by atoms with Gasteiger partial charge in [-0.2, -0.15) is 5.10 Å². The molecular weight excluding hydrogens is 302 g/mol. The third-order valence-electron chi connectivity index (χ3n) is 4.28. The Morgan fingerprint density at radius 1 is 1.17 bits per heavy atom. The van der Waals surface area contributed by atoms with E-state index < -0.39 is 5.91 Å². The summed E-state index contributed by atoms with van der Waals surface area (Å²) in [4.78, 5) is 15.9. The van der Waals surface area contributed by atoms with Crippen molar-refractivity contribution in [1.82, 2.24) is 15.2 Å². The van der Waals surface area contributed by atoms with Crippen LogP contribution in [0.1, 0.15) is 15.9 Å². The van der Waals surface area contributed by atoms with Crippen LogP contribution < -0.4 is 11.5 Å². The van der Waals surface area contributed by atoms with Crippen LogP contribution in [0, 0.1) is 6.92 Å². The molecule has 0 fully saturated rings. The van der Waals surface area contributed by atoms with Gasteiger partial charge in [-0.3, -0.25) is 14.9 Å². The highest BCUT2D eigenvalue weighted by molar-refractivity contribution is 6.09. The van der Waals surface area contributed by atoms with Gasteiger partial charge < -0.3 is 11.5 Å². The molecule has 2 aromatic heterocycles. The average Bonchev–Trinajstić information content (AvgIpc) is 3.01. The molecule has 6 heteroatoms. The summed E-state index contributed by atoms with van der Waals surface area (Å²) in [6.45, 7) is 2.04. The molecule has 2 heterocycles. The van der Waals surface area contributed by atoms with E-state index >= 15 is 0 Å². The zero-order valence-electron chi connectivity index (χ0n) is 13.0. The minimum Gasteiger partial charge on any atom is -0.397 e. The zero-order chi connectivity index (χ0) is 16.8. The molecule has 0 aliphatic carbocycles. The maximum absolute atomic E-state index is 11.5.